The van der Waals surface area contributed by atoms with Crippen LogP contribution in [0.3, 0.4) is 0 Å². The summed E-state index contributed by atoms with van der Waals surface area (Å²) in [5.41, 5.74) is 4.03. The average Bonchev–Trinajstić information content (AvgIpc) is 2.47. The van der Waals surface area contributed by atoms with Crippen LogP contribution >= 0.6 is 46.4 Å². The average molecular weight is 459 g/mol. The van der Waals surface area contributed by atoms with E-state index < -0.39 is 0 Å². The third kappa shape index (κ3) is 5.44. The molecule has 6 heteroatoms. The Morgan fingerprint density at radius 3 is 2.48 bits per heavy atom. The van der Waals surface area contributed by atoms with Gasteiger partial charge in [0, 0.05) is 14.3 Å². The number of hydrogen-bond acceptors (Lipinski definition) is 2. The first-order valence-electron chi connectivity index (χ1n) is 6.97. The maximum Gasteiger partial charge on any atom is 0.230 e. The first kappa shape index (κ1) is 18.2. The van der Waals surface area contributed by atoms with Crippen LogP contribution in [0.2, 0.25) is 5.02 Å². The van der Waals surface area contributed by atoms with Gasteiger partial charge < -0.3 is 10.6 Å². The molecule has 2 rings (SSSR count). The van der Waals surface area contributed by atoms with Crippen LogP contribution in [0.1, 0.15) is 16.7 Å². The molecule has 0 radical (unpaired) electrons. The van der Waals surface area contributed by atoms with E-state index >= 15 is 0 Å². The second-order valence-electron chi connectivity index (χ2n) is 5.22. The molecule has 0 unspecified atom stereocenters. The number of thiocarbonyl (C=S) groups is 1. The molecule has 0 aliphatic carbocycles. The number of aryl methyl sites for hydroxylation is 2. The van der Waals surface area contributed by atoms with E-state index in [1.807, 2.05) is 32.0 Å². The Labute approximate surface area is 159 Å². The zero-order chi connectivity index (χ0) is 17.0. The summed E-state index contributed by atoms with van der Waals surface area (Å²) in [6, 6.07) is 11.3. The Kier molecular flexibility index (Phi) is 6.38. The number of halogens is 2. The predicted octanol–water partition coefficient (Wildman–Crippen LogP) is 4.62. The van der Waals surface area contributed by atoms with Crippen LogP contribution in [0, 0.1) is 17.4 Å². The fourth-order valence-corrected chi connectivity index (χ4v) is 3.00. The van der Waals surface area contributed by atoms with Gasteiger partial charge in [-0.05, 0) is 89.6 Å². The van der Waals surface area contributed by atoms with Crippen LogP contribution in [-0.4, -0.2) is 11.0 Å². The number of amides is 1. The Bertz CT molecular complexity index is 747. The highest BCUT2D eigenvalue weighted by Gasteiger charge is 2.08. The second kappa shape index (κ2) is 8.08. The van der Waals surface area contributed by atoms with Crippen molar-refractivity contribution in [1.29, 1.82) is 0 Å². The van der Waals surface area contributed by atoms with Crippen LogP contribution in [-0.2, 0) is 11.2 Å². The summed E-state index contributed by atoms with van der Waals surface area (Å²) in [6.07, 6.45) is 0.254. The van der Waals surface area contributed by atoms with E-state index in [1.54, 1.807) is 12.1 Å². The number of anilines is 1. The van der Waals surface area contributed by atoms with Crippen molar-refractivity contribution in [3.63, 3.8) is 0 Å². The van der Waals surface area contributed by atoms with Gasteiger partial charge in [0.05, 0.1) is 6.42 Å². The maximum absolute atomic E-state index is 12.0. The SMILES string of the molecule is Cc1cc(NC(=S)NC(=O)Cc2ccc(Cl)cc2)c(C)cc1I. The molecule has 0 saturated heterocycles. The van der Waals surface area contributed by atoms with Crippen molar-refractivity contribution in [2.24, 2.45) is 0 Å². The summed E-state index contributed by atoms with van der Waals surface area (Å²) in [6.45, 7) is 4.04. The third-order valence-corrected chi connectivity index (χ3v) is 4.90. The molecule has 0 spiro atoms. The summed E-state index contributed by atoms with van der Waals surface area (Å²) in [4.78, 5) is 12.0. The van der Waals surface area contributed by atoms with Crippen LogP contribution < -0.4 is 10.6 Å². The Morgan fingerprint density at radius 2 is 1.83 bits per heavy atom. The Hall–Kier alpha value is -1.18. The highest BCUT2D eigenvalue weighted by atomic mass is 127. The molecule has 0 saturated carbocycles. The summed E-state index contributed by atoms with van der Waals surface area (Å²) in [5.74, 6) is -0.162. The number of nitrogens with one attached hydrogen (secondary N) is 2. The van der Waals surface area contributed by atoms with Gasteiger partial charge in [-0.1, -0.05) is 23.7 Å². The topological polar surface area (TPSA) is 41.1 Å². The minimum atomic E-state index is -0.162. The van der Waals surface area contributed by atoms with Gasteiger partial charge in [-0.2, -0.15) is 0 Å². The fraction of sp³-hybridized carbons (Fsp3) is 0.176. The lowest BCUT2D eigenvalue weighted by atomic mass is 10.1. The van der Waals surface area contributed by atoms with Gasteiger partial charge in [-0.15, -0.1) is 0 Å². The second-order valence-corrected chi connectivity index (χ2v) is 7.23. The predicted molar refractivity (Wildman–Crippen MR) is 108 cm³/mol. The number of carbonyl (C=O) groups excluding carboxylic acids is 1. The lowest BCUT2D eigenvalue weighted by molar-refractivity contribution is -0.119. The highest BCUT2D eigenvalue weighted by Crippen LogP contribution is 2.21. The van der Waals surface area contributed by atoms with Gasteiger partial charge in [0.1, 0.15) is 0 Å². The van der Waals surface area contributed by atoms with Gasteiger partial charge in [0.2, 0.25) is 5.91 Å². The molecule has 23 heavy (non-hydrogen) atoms. The van der Waals surface area contributed by atoms with Crippen LogP contribution in [0.4, 0.5) is 5.69 Å². The summed E-state index contributed by atoms with van der Waals surface area (Å²) < 4.78 is 1.20. The molecule has 0 aliphatic rings. The smallest absolute Gasteiger partial charge is 0.230 e. The van der Waals surface area contributed by atoms with Crippen molar-refractivity contribution in [1.82, 2.24) is 5.32 Å². The van der Waals surface area contributed by atoms with E-state index in [4.69, 9.17) is 23.8 Å². The molecule has 3 nitrogen and oxygen atoms in total. The molecular formula is C17H16ClIN2OS. The third-order valence-electron chi connectivity index (χ3n) is 3.28. The summed E-state index contributed by atoms with van der Waals surface area (Å²) in [7, 11) is 0. The molecule has 2 N–H and O–H groups in total. The molecule has 2 aromatic rings. The van der Waals surface area contributed by atoms with Crippen LogP contribution in [0.25, 0.3) is 0 Å². The maximum atomic E-state index is 12.0. The molecule has 0 aliphatic heterocycles. The zero-order valence-electron chi connectivity index (χ0n) is 12.7. The van der Waals surface area contributed by atoms with Crippen molar-refractivity contribution < 1.29 is 4.79 Å². The summed E-state index contributed by atoms with van der Waals surface area (Å²) >= 11 is 13.3. The quantitative estimate of drug-likeness (QED) is 0.521. The van der Waals surface area contributed by atoms with Gasteiger partial charge in [-0.25, -0.2) is 0 Å². The van der Waals surface area contributed by atoms with Crippen molar-refractivity contribution in [2.45, 2.75) is 20.3 Å². The van der Waals surface area contributed by atoms with E-state index in [-0.39, 0.29) is 12.3 Å². The van der Waals surface area contributed by atoms with E-state index in [9.17, 15) is 4.79 Å². The molecule has 1 amide bonds. The standard InChI is InChI=1S/C17H16ClIN2OS/c1-10-8-15(11(2)7-14(10)19)20-17(23)21-16(22)9-12-3-5-13(18)6-4-12/h3-8H,9H2,1-2H3,(H2,20,21,22,23). The number of hydrogen-bond donors (Lipinski definition) is 2. The molecular weight excluding hydrogens is 443 g/mol. The molecule has 120 valence electrons. The zero-order valence-corrected chi connectivity index (χ0v) is 16.5. The molecule has 0 aromatic heterocycles. The number of carbonyl (C=O) groups is 1. The van der Waals surface area contributed by atoms with E-state index in [0.29, 0.717) is 10.1 Å². The minimum Gasteiger partial charge on any atom is -0.332 e. The first-order valence-corrected chi connectivity index (χ1v) is 8.83. The molecule has 2 aromatic carbocycles. The van der Waals surface area contributed by atoms with Gasteiger partial charge in [0.15, 0.2) is 5.11 Å². The highest BCUT2D eigenvalue weighted by molar-refractivity contribution is 14.1. The Morgan fingerprint density at radius 1 is 1.17 bits per heavy atom. The first-order chi connectivity index (χ1) is 10.8. The minimum absolute atomic E-state index is 0.162. The van der Waals surface area contributed by atoms with E-state index in [2.05, 4.69) is 39.3 Å². The van der Waals surface area contributed by atoms with Gasteiger partial charge in [-0.3, -0.25) is 4.79 Å². The lowest BCUT2D eigenvalue weighted by Crippen LogP contribution is -2.35. The van der Waals surface area contributed by atoms with Crippen molar-refractivity contribution in [2.75, 3.05) is 5.32 Å². The molecule has 0 heterocycles. The van der Waals surface area contributed by atoms with Crippen molar-refractivity contribution in [3.8, 4) is 0 Å². The van der Waals surface area contributed by atoms with Crippen molar-refractivity contribution >= 4 is 63.1 Å². The molecule has 0 atom stereocenters. The molecule has 0 bridgehead atoms. The van der Waals surface area contributed by atoms with Crippen LogP contribution in [0.15, 0.2) is 36.4 Å². The van der Waals surface area contributed by atoms with Crippen LogP contribution in [0.5, 0.6) is 0 Å². The number of rotatable bonds is 3. The van der Waals surface area contributed by atoms with Gasteiger partial charge >= 0.3 is 0 Å². The Balaban J connectivity index is 1.95. The lowest BCUT2D eigenvalue weighted by Gasteiger charge is -2.13. The van der Waals surface area contributed by atoms with E-state index in [0.717, 1.165) is 22.4 Å². The fourth-order valence-electron chi connectivity index (χ4n) is 2.03. The normalized spacial score (nSPS) is 10.3. The molecule has 0 fully saturated rings. The van der Waals surface area contributed by atoms with Gasteiger partial charge in [0.25, 0.3) is 0 Å². The monoisotopic (exact) mass is 458 g/mol. The number of benzene rings is 2. The van der Waals surface area contributed by atoms with E-state index in [1.165, 1.54) is 3.57 Å². The van der Waals surface area contributed by atoms with Crippen molar-refractivity contribution in [3.05, 3.63) is 61.7 Å². The summed E-state index contributed by atoms with van der Waals surface area (Å²) in [5, 5.41) is 6.73. The largest absolute Gasteiger partial charge is 0.332 e.